The van der Waals surface area contributed by atoms with E-state index in [4.69, 9.17) is 16.7 Å². The molecule has 0 aliphatic heterocycles. The Morgan fingerprint density at radius 3 is 2.30 bits per heavy atom. The molecule has 0 aliphatic carbocycles. The highest BCUT2D eigenvalue weighted by atomic mass is 79.9. The van der Waals surface area contributed by atoms with Gasteiger partial charge in [-0.2, -0.15) is 0 Å². The average molecular weight is 360 g/mol. The van der Waals surface area contributed by atoms with E-state index in [2.05, 4.69) is 15.9 Å². The van der Waals surface area contributed by atoms with Crippen molar-refractivity contribution in [2.24, 2.45) is 0 Å². The van der Waals surface area contributed by atoms with Crippen molar-refractivity contribution < 1.29 is 19.1 Å². The zero-order chi connectivity index (χ0) is 15.1. The fourth-order valence-corrected chi connectivity index (χ4v) is 1.87. The number of rotatable bonds is 2. The molecule has 0 saturated carbocycles. The third-order valence-corrected chi connectivity index (χ3v) is 3.21. The van der Waals surface area contributed by atoms with Gasteiger partial charge in [0.15, 0.2) is 6.29 Å². The standard InChI is InChI=1S/C7H5BrO2.C7H4ClFO/c8-6-2-1-3-7(10)5(6)4-9;8-6-3-5(4-10)1-2-7(6)9/h1-4,10H;1-4H. The molecule has 0 saturated heterocycles. The predicted octanol–water partition coefficient (Wildman–Crippen LogP) is 4.26. The zero-order valence-electron chi connectivity index (χ0n) is 10.0. The molecule has 0 fully saturated rings. The van der Waals surface area contributed by atoms with Crippen LogP contribution >= 0.6 is 27.5 Å². The zero-order valence-corrected chi connectivity index (χ0v) is 12.4. The van der Waals surface area contributed by atoms with Crippen LogP contribution in [0.15, 0.2) is 40.9 Å². The van der Waals surface area contributed by atoms with E-state index in [0.29, 0.717) is 28.2 Å². The lowest BCUT2D eigenvalue weighted by Gasteiger charge is -1.96. The molecule has 20 heavy (non-hydrogen) atoms. The van der Waals surface area contributed by atoms with Crippen molar-refractivity contribution in [2.75, 3.05) is 0 Å². The van der Waals surface area contributed by atoms with Crippen molar-refractivity contribution in [3.63, 3.8) is 0 Å². The van der Waals surface area contributed by atoms with Gasteiger partial charge in [0.05, 0.1) is 10.6 Å². The largest absolute Gasteiger partial charge is 0.507 e. The van der Waals surface area contributed by atoms with Crippen LogP contribution in [0.2, 0.25) is 5.02 Å². The first kappa shape index (κ1) is 16.3. The van der Waals surface area contributed by atoms with Crippen LogP contribution in [0.5, 0.6) is 5.75 Å². The van der Waals surface area contributed by atoms with Gasteiger partial charge in [-0.1, -0.05) is 17.7 Å². The van der Waals surface area contributed by atoms with E-state index in [0.717, 1.165) is 6.07 Å². The summed E-state index contributed by atoms with van der Waals surface area (Å²) in [5.41, 5.74) is 0.675. The maximum Gasteiger partial charge on any atom is 0.154 e. The number of phenols is 1. The van der Waals surface area contributed by atoms with Crippen LogP contribution in [0.1, 0.15) is 20.7 Å². The molecule has 0 amide bonds. The molecule has 0 aliphatic rings. The van der Waals surface area contributed by atoms with Crippen molar-refractivity contribution in [2.45, 2.75) is 0 Å². The van der Waals surface area contributed by atoms with Gasteiger partial charge in [-0.05, 0) is 46.3 Å². The highest BCUT2D eigenvalue weighted by molar-refractivity contribution is 9.10. The van der Waals surface area contributed by atoms with Crippen LogP contribution in [-0.4, -0.2) is 17.7 Å². The summed E-state index contributed by atoms with van der Waals surface area (Å²) in [5.74, 6) is -0.503. The lowest BCUT2D eigenvalue weighted by Crippen LogP contribution is -1.81. The Hall–Kier alpha value is -1.72. The smallest absolute Gasteiger partial charge is 0.154 e. The fraction of sp³-hybridized carbons (Fsp3) is 0. The summed E-state index contributed by atoms with van der Waals surface area (Å²) >= 11 is 8.47. The molecular weight excluding hydrogens is 351 g/mol. The van der Waals surface area contributed by atoms with Gasteiger partial charge in [0.2, 0.25) is 0 Å². The normalized spacial score (nSPS) is 9.35. The number of hydrogen-bond donors (Lipinski definition) is 1. The average Bonchev–Trinajstić information content (AvgIpc) is 2.43. The van der Waals surface area contributed by atoms with E-state index in [9.17, 15) is 14.0 Å². The molecule has 6 heteroatoms. The van der Waals surface area contributed by atoms with Gasteiger partial charge in [-0.15, -0.1) is 0 Å². The minimum Gasteiger partial charge on any atom is -0.507 e. The molecule has 0 radical (unpaired) electrons. The second-order valence-electron chi connectivity index (χ2n) is 3.58. The number of carbonyl (C=O) groups is 2. The SMILES string of the molecule is O=Cc1c(O)cccc1Br.O=Cc1ccc(F)c(Cl)c1. The quantitative estimate of drug-likeness (QED) is 0.815. The van der Waals surface area contributed by atoms with Gasteiger partial charge in [0, 0.05) is 10.0 Å². The number of carbonyl (C=O) groups excluding carboxylic acids is 2. The van der Waals surface area contributed by atoms with Crippen molar-refractivity contribution in [1.29, 1.82) is 0 Å². The molecule has 1 N–H and O–H groups in total. The monoisotopic (exact) mass is 358 g/mol. The molecule has 0 heterocycles. The molecule has 3 nitrogen and oxygen atoms in total. The summed E-state index contributed by atoms with van der Waals surface area (Å²) in [6.45, 7) is 0. The van der Waals surface area contributed by atoms with Crippen LogP contribution in [0, 0.1) is 5.82 Å². The van der Waals surface area contributed by atoms with E-state index in [1.807, 2.05) is 0 Å². The summed E-state index contributed by atoms with van der Waals surface area (Å²) in [6.07, 6.45) is 1.23. The molecule has 0 bridgehead atoms. The third-order valence-electron chi connectivity index (χ3n) is 2.23. The Balaban J connectivity index is 0.000000200. The first-order valence-electron chi connectivity index (χ1n) is 5.32. The van der Waals surface area contributed by atoms with E-state index < -0.39 is 5.82 Å². The molecule has 0 unspecified atom stereocenters. The number of hydrogen-bond acceptors (Lipinski definition) is 3. The van der Waals surface area contributed by atoms with Crippen molar-refractivity contribution in [3.05, 3.63) is 62.8 Å². The van der Waals surface area contributed by atoms with E-state index in [1.54, 1.807) is 12.1 Å². The van der Waals surface area contributed by atoms with E-state index >= 15 is 0 Å². The lowest BCUT2D eigenvalue weighted by molar-refractivity contribution is 0.111. The van der Waals surface area contributed by atoms with Crippen LogP contribution in [0.4, 0.5) is 4.39 Å². The minimum absolute atomic E-state index is 0.00405. The first-order valence-corrected chi connectivity index (χ1v) is 6.49. The lowest BCUT2D eigenvalue weighted by atomic mass is 10.2. The summed E-state index contributed by atoms with van der Waals surface area (Å²) < 4.78 is 13.0. The van der Waals surface area contributed by atoms with E-state index in [-0.39, 0.29) is 10.8 Å². The van der Waals surface area contributed by atoms with Crippen molar-refractivity contribution in [3.8, 4) is 5.75 Å². The van der Waals surface area contributed by atoms with Gasteiger partial charge >= 0.3 is 0 Å². The summed E-state index contributed by atoms with van der Waals surface area (Å²) in [5, 5.41) is 9.01. The number of aldehydes is 2. The minimum atomic E-state index is -0.507. The van der Waals surface area contributed by atoms with Gasteiger partial charge in [0.25, 0.3) is 0 Å². The van der Waals surface area contributed by atoms with Crippen LogP contribution in [0.25, 0.3) is 0 Å². The Kier molecular flexibility index (Phi) is 6.35. The van der Waals surface area contributed by atoms with Crippen molar-refractivity contribution in [1.82, 2.24) is 0 Å². The van der Waals surface area contributed by atoms with Crippen LogP contribution < -0.4 is 0 Å². The van der Waals surface area contributed by atoms with E-state index in [1.165, 1.54) is 18.2 Å². The van der Waals surface area contributed by atoms with Gasteiger partial charge in [0.1, 0.15) is 17.9 Å². The first-order chi connectivity index (χ1) is 9.49. The molecule has 2 aromatic carbocycles. The Labute approximate surface area is 128 Å². The van der Waals surface area contributed by atoms with Crippen molar-refractivity contribution >= 4 is 40.1 Å². The second-order valence-corrected chi connectivity index (χ2v) is 4.84. The summed E-state index contributed by atoms with van der Waals surface area (Å²) in [7, 11) is 0. The molecule has 2 rings (SSSR count). The number of halogens is 3. The molecule has 0 spiro atoms. The Morgan fingerprint density at radius 2 is 1.85 bits per heavy atom. The highest BCUT2D eigenvalue weighted by Crippen LogP contribution is 2.22. The Morgan fingerprint density at radius 1 is 1.15 bits per heavy atom. The maximum absolute atomic E-state index is 12.4. The number of aromatic hydroxyl groups is 1. The Bertz CT molecular complexity index is 612. The number of benzene rings is 2. The summed E-state index contributed by atoms with van der Waals surface area (Å²) in [6, 6.07) is 8.63. The maximum atomic E-state index is 12.4. The van der Waals surface area contributed by atoms with Crippen LogP contribution in [0.3, 0.4) is 0 Å². The predicted molar refractivity (Wildman–Crippen MR) is 78.0 cm³/mol. The molecule has 104 valence electrons. The molecule has 0 aromatic heterocycles. The topological polar surface area (TPSA) is 54.4 Å². The highest BCUT2D eigenvalue weighted by Gasteiger charge is 2.01. The second kappa shape index (κ2) is 7.77. The fourth-order valence-electron chi connectivity index (χ4n) is 1.23. The van der Waals surface area contributed by atoms with Gasteiger partial charge in [-0.3, -0.25) is 9.59 Å². The van der Waals surface area contributed by atoms with Gasteiger partial charge in [-0.25, -0.2) is 4.39 Å². The molecular formula is C14H9BrClFO3. The molecule has 2 aromatic rings. The molecule has 0 atom stereocenters. The number of phenolic OH excluding ortho intramolecular Hbond substituents is 1. The third kappa shape index (κ3) is 4.43. The van der Waals surface area contributed by atoms with Gasteiger partial charge < -0.3 is 5.11 Å². The summed E-state index contributed by atoms with van der Waals surface area (Å²) in [4.78, 5) is 20.3. The van der Waals surface area contributed by atoms with Crippen LogP contribution in [-0.2, 0) is 0 Å².